The van der Waals surface area contributed by atoms with Crippen LogP contribution >= 0.6 is 0 Å². The van der Waals surface area contributed by atoms with Crippen molar-refractivity contribution in [1.82, 2.24) is 9.80 Å². The number of aliphatic imine (C=N–C) groups is 2. The first kappa shape index (κ1) is 15.0. The fraction of sp³-hybridized carbons (Fsp3) is 0.588. The van der Waals surface area contributed by atoms with E-state index in [1.165, 1.54) is 0 Å². The van der Waals surface area contributed by atoms with Crippen molar-refractivity contribution in [2.24, 2.45) is 27.2 Å². The van der Waals surface area contributed by atoms with Gasteiger partial charge >= 0.3 is 0 Å². The molecule has 2 heterocycles. The quantitative estimate of drug-likeness (QED) is 0.593. The molecule has 1 aliphatic carbocycles. The predicted molar refractivity (Wildman–Crippen MR) is 88.5 cm³/mol. The standard InChI is InChI=1S/C17H24N4O/c1-11-6-12(2)21(10-19-11)9-15(18-5)16(22)20-7-13-14(8-20)17(13,3)4/h6,9,13-14H,5,7-8,10H2,1-4H3/b15-9-. The number of carbonyl (C=O) groups excluding carboxylic acids is 1. The lowest BCUT2D eigenvalue weighted by Gasteiger charge is -2.25. The van der Waals surface area contributed by atoms with Crippen molar-refractivity contribution in [2.75, 3.05) is 19.8 Å². The van der Waals surface area contributed by atoms with Crippen LogP contribution in [-0.4, -0.2) is 47.9 Å². The smallest absolute Gasteiger partial charge is 0.273 e. The van der Waals surface area contributed by atoms with E-state index in [0.29, 0.717) is 29.6 Å². The Hall–Kier alpha value is -1.91. The van der Waals surface area contributed by atoms with Crippen molar-refractivity contribution in [1.29, 1.82) is 0 Å². The monoisotopic (exact) mass is 300 g/mol. The van der Waals surface area contributed by atoms with Crippen molar-refractivity contribution >= 4 is 18.3 Å². The van der Waals surface area contributed by atoms with Crippen LogP contribution < -0.4 is 0 Å². The van der Waals surface area contributed by atoms with Gasteiger partial charge in [-0.1, -0.05) is 13.8 Å². The van der Waals surface area contributed by atoms with Gasteiger partial charge in [0, 0.05) is 30.7 Å². The Morgan fingerprint density at radius 1 is 1.41 bits per heavy atom. The summed E-state index contributed by atoms with van der Waals surface area (Å²) in [5, 5.41) is 0. The average molecular weight is 300 g/mol. The molecule has 1 amide bonds. The summed E-state index contributed by atoms with van der Waals surface area (Å²) in [6.45, 7) is 14.3. The molecule has 0 N–H and O–H groups in total. The Morgan fingerprint density at radius 2 is 2.05 bits per heavy atom. The van der Waals surface area contributed by atoms with Crippen molar-refractivity contribution in [3.05, 3.63) is 23.7 Å². The molecule has 3 aliphatic rings. The molecule has 5 nitrogen and oxygen atoms in total. The molecule has 2 unspecified atom stereocenters. The Balaban J connectivity index is 1.70. The van der Waals surface area contributed by atoms with Crippen molar-refractivity contribution < 1.29 is 4.79 Å². The molecule has 5 heteroatoms. The first-order valence-electron chi connectivity index (χ1n) is 7.78. The summed E-state index contributed by atoms with van der Waals surface area (Å²) in [5.74, 6) is 1.27. The number of likely N-dealkylation sites (tertiary alicyclic amines) is 1. The normalized spacial score (nSPS) is 29.7. The predicted octanol–water partition coefficient (Wildman–Crippen LogP) is 2.28. The van der Waals surface area contributed by atoms with E-state index in [0.717, 1.165) is 24.5 Å². The fourth-order valence-electron chi connectivity index (χ4n) is 3.64. The van der Waals surface area contributed by atoms with Crippen LogP contribution in [0.1, 0.15) is 27.7 Å². The van der Waals surface area contributed by atoms with Gasteiger partial charge in [-0.15, -0.1) is 0 Å². The lowest BCUT2D eigenvalue weighted by atomic mass is 10.1. The van der Waals surface area contributed by atoms with E-state index in [2.05, 4.69) is 30.5 Å². The van der Waals surface area contributed by atoms with Gasteiger partial charge in [0.25, 0.3) is 5.91 Å². The summed E-state index contributed by atoms with van der Waals surface area (Å²) in [6, 6.07) is 0. The van der Waals surface area contributed by atoms with E-state index in [-0.39, 0.29) is 5.91 Å². The number of rotatable bonds is 3. The van der Waals surface area contributed by atoms with Crippen LogP contribution in [0.3, 0.4) is 0 Å². The van der Waals surface area contributed by atoms with Gasteiger partial charge in [0.15, 0.2) is 0 Å². The largest absolute Gasteiger partial charge is 0.337 e. The average Bonchev–Trinajstić information content (AvgIpc) is 2.84. The van der Waals surface area contributed by atoms with Crippen LogP contribution in [0.4, 0.5) is 0 Å². The van der Waals surface area contributed by atoms with Gasteiger partial charge in [-0.3, -0.25) is 14.8 Å². The summed E-state index contributed by atoms with van der Waals surface area (Å²) in [4.78, 5) is 24.8. The Morgan fingerprint density at radius 3 is 2.59 bits per heavy atom. The maximum Gasteiger partial charge on any atom is 0.273 e. The molecule has 3 rings (SSSR count). The molecule has 2 aliphatic heterocycles. The van der Waals surface area contributed by atoms with Crippen LogP contribution in [0.25, 0.3) is 0 Å². The Bertz CT molecular complexity index is 600. The molecular formula is C17H24N4O. The SMILES string of the molecule is C=N/C(=C\N1CN=C(C)C=C1C)C(=O)N1CC2C(C1)C2(C)C. The number of carbonyl (C=O) groups is 1. The third kappa shape index (κ3) is 2.38. The van der Waals surface area contributed by atoms with Crippen LogP contribution in [0.5, 0.6) is 0 Å². The summed E-state index contributed by atoms with van der Waals surface area (Å²) in [7, 11) is 0. The molecule has 0 aromatic rings. The van der Waals surface area contributed by atoms with Crippen molar-refractivity contribution in [3.63, 3.8) is 0 Å². The van der Waals surface area contributed by atoms with Gasteiger partial charge in [-0.05, 0) is 43.9 Å². The van der Waals surface area contributed by atoms with Gasteiger partial charge in [0.2, 0.25) is 0 Å². The summed E-state index contributed by atoms with van der Waals surface area (Å²) < 4.78 is 0. The highest BCUT2D eigenvalue weighted by Gasteiger charge is 2.62. The Labute approximate surface area is 132 Å². The molecule has 1 saturated carbocycles. The molecule has 0 spiro atoms. The highest BCUT2D eigenvalue weighted by Crippen LogP contribution is 2.62. The summed E-state index contributed by atoms with van der Waals surface area (Å²) in [5.41, 5.74) is 2.87. The Kier molecular flexibility index (Phi) is 3.46. The molecule has 0 bridgehead atoms. The topological polar surface area (TPSA) is 48.3 Å². The lowest BCUT2D eigenvalue weighted by Crippen LogP contribution is -2.34. The number of hydrogen-bond donors (Lipinski definition) is 0. The van der Waals surface area contributed by atoms with E-state index in [9.17, 15) is 4.79 Å². The third-order valence-corrected chi connectivity index (χ3v) is 5.42. The number of piperidine rings is 1. The second-order valence-corrected chi connectivity index (χ2v) is 7.11. The number of fused-ring (bicyclic) bond motifs is 1. The zero-order valence-corrected chi connectivity index (χ0v) is 13.8. The summed E-state index contributed by atoms with van der Waals surface area (Å²) in [6.07, 6.45) is 3.77. The molecular weight excluding hydrogens is 276 g/mol. The van der Waals surface area contributed by atoms with E-state index in [1.807, 2.05) is 29.7 Å². The lowest BCUT2D eigenvalue weighted by molar-refractivity contribution is -0.127. The van der Waals surface area contributed by atoms with Crippen molar-refractivity contribution in [3.8, 4) is 0 Å². The first-order chi connectivity index (χ1) is 10.3. The highest BCUT2D eigenvalue weighted by atomic mass is 16.2. The van der Waals surface area contributed by atoms with E-state index >= 15 is 0 Å². The van der Waals surface area contributed by atoms with Crippen LogP contribution in [0.15, 0.2) is 33.7 Å². The molecule has 0 aromatic carbocycles. The van der Waals surface area contributed by atoms with E-state index < -0.39 is 0 Å². The fourth-order valence-corrected chi connectivity index (χ4v) is 3.64. The molecule has 1 saturated heterocycles. The van der Waals surface area contributed by atoms with Crippen LogP contribution in [-0.2, 0) is 4.79 Å². The third-order valence-electron chi connectivity index (χ3n) is 5.42. The molecule has 0 radical (unpaired) electrons. The molecule has 0 aromatic heterocycles. The van der Waals surface area contributed by atoms with Gasteiger partial charge in [0.1, 0.15) is 12.4 Å². The summed E-state index contributed by atoms with van der Waals surface area (Å²) >= 11 is 0. The molecule has 2 fully saturated rings. The van der Waals surface area contributed by atoms with E-state index in [1.54, 1.807) is 6.20 Å². The minimum atomic E-state index is -0.0166. The first-order valence-corrected chi connectivity index (χ1v) is 7.78. The number of nitrogens with zero attached hydrogens (tertiary/aromatic N) is 4. The maximum absolute atomic E-state index is 12.6. The van der Waals surface area contributed by atoms with Gasteiger partial charge in [-0.2, -0.15) is 0 Å². The second kappa shape index (κ2) is 5.07. The molecule has 2 atom stereocenters. The van der Waals surface area contributed by atoms with Gasteiger partial charge in [-0.25, -0.2) is 0 Å². The highest BCUT2D eigenvalue weighted by molar-refractivity contribution is 5.95. The van der Waals surface area contributed by atoms with Crippen LogP contribution in [0.2, 0.25) is 0 Å². The molecule has 22 heavy (non-hydrogen) atoms. The van der Waals surface area contributed by atoms with Crippen LogP contribution in [0, 0.1) is 17.3 Å². The second-order valence-electron chi connectivity index (χ2n) is 7.11. The van der Waals surface area contributed by atoms with E-state index in [4.69, 9.17) is 0 Å². The van der Waals surface area contributed by atoms with Gasteiger partial charge < -0.3 is 9.80 Å². The zero-order chi connectivity index (χ0) is 16.1. The minimum absolute atomic E-state index is 0.0166. The molecule has 118 valence electrons. The van der Waals surface area contributed by atoms with Crippen molar-refractivity contribution in [2.45, 2.75) is 27.7 Å². The zero-order valence-electron chi connectivity index (χ0n) is 13.8. The number of amides is 1. The number of allylic oxidation sites excluding steroid dienone is 2. The minimum Gasteiger partial charge on any atom is -0.337 e. The number of hydrogen-bond acceptors (Lipinski definition) is 4. The maximum atomic E-state index is 12.6. The van der Waals surface area contributed by atoms with Gasteiger partial charge in [0.05, 0.1) is 0 Å².